The van der Waals surface area contributed by atoms with E-state index in [1.165, 1.54) is 7.11 Å². The number of hydrogen-bond acceptors (Lipinski definition) is 4. The average molecular weight is 232 g/mol. The van der Waals surface area contributed by atoms with Gasteiger partial charge in [0.1, 0.15) is 6.04 Å². The van der Waals surface area contributed by atoms with Crippen LogP contribution in [0.15, 0.2) is 24.3 Å². The molecular weight excluding hydrogens is 216 g/mol. The number of benzene rings is 1. The number of carbonyl (C=O) groups excluding carboxylic acids is 1. The number of nitrogens with zero attached hydrogens (tertiary/aromatic N) is 1. The molecule has 0 spiro atoms. The van der Waals surface area contributed by atoms with Gasteiger partial charge < -0.3 is 10.1 Å². The molecule has 17 heavy (non-hydrogen) atoms. The highest BCUT2D eigenvalue weighted by atomic mass is 16.5. The van der Waals surface area contributed by atoms with Gasteiger partial charge in [0.05, 0.1) is 18.7 Å². The van der Waals surface area contributed by atoms with Crippen LogP contribution in [0.3, 0.4) is 0 Å². The van der Waals surface area contributed by atoms with Crippen LogP contribution in [0.4, 0.5) is 0 Å². The summed E-state index contributed by atoms with van der Waals surface area (Å²) in [5.41, 5.74) is 1.79. The molecule has 1 atom stereocenters. The highest BCUT2D eigenvalue weighted by Gasteiger charge is 2.10. The van der Waals surface area contributed by atoms with Gasteiger partial charge >= 0.3 is 5.97 Å². The number of carbonyl (C=O) groups is 1. The molecule has 0 heterocycles. The van der Waals surface area contributed by atoms with E-state index < -0.39 is 0 Å². The van der Waals surface area contributed by atoms with Crippen LogP contribution >= 0.6 is 0 Å². The van der Waals surface area contributed by atoms with Crippen molar-refractivity contribution in [2.45, 2.75) is 19.4 Å². The Balaban J connectivity index is 2.36. The van der Waals surface area contributed by atoms with Crippen LogP contribution in [0.5, 0.6) is 0 Å². The highest BCUT2D eigenvalue weighted by molar-refractivity contribution is 5.75. The van der Waals surface area contributed by atoms with E-state index in [-0.39, 0.29) is 12.0 Å². The summed E-state index contributed by atoms with van der Waals surface area (Å²) in [6.07, 6.45) is 0.813. The van der Waals surface area contributed by atoms with Crippen molar-refractivity contribution in [2.75, 3.05) is 13.7 Å². The number of ether oxygens (including phenoxy) is 1. The molecule has 0 saturated carbocycles. The number of esters is 1. The molecule has 1 rings (SSSR count). The van der Waals surface area contributed by atoms with Gasteiger partial charge in [-0.25, -0.2) is 0 Å². The molecule has 0 aliphatic carbocycles. The van der Waals surface area contributed by atoms with E-state index in [0.717, 1.165) is 12.0 Å². The second-order valence-corrected chi connectivity index (χ2v) is 3.76. The van der Waals surface area contributed by atoms with Crippen LogP contribution in [-0.2, 0) is 16.0 Å². The lowest BCUT2D eigenvalue weighted by molar-refractivity contribution is -0.142. The summed E-state index contributed by atoms with van der Waals surface area (Å²) in [5.74, 6) is -0.259. The molecule has 1 N–H and O–H groups in total. The van der Waals surface area contributed by atoms with E-state index in [1.807, 2.05) is 12.1 Å². The van der Waals surface area contributed by atoms with E-state index in [1.54, 1.807) is 19.1 Å². The predicted molar refractivity (Wildman–Crippen MR) is 64.3 cm³/mol. The minimum Gasteiger partial charge on any atom is -0.468 e. The summed E-state index contributed by atoms with van der Waals surface area (Å²) < 4.78 is 4.61. The summed E-state index contributed by atoms with van der Waals surface area (Å²) in [7, 11) is 1.38. The van der Waals surface area contributed by atoms with Crippen LogP contribution < -0.4 is 5.32 Å². The van der Waals surface area contributed by atoms with Crippen LogP contribution in [0, 0.1) is 11.3 Å². The first-order chi connectivity index (χ1) is 8.17. The standard InChI is InChI=1S/C13H16N2O2/c1-10(13(16)17-2)15-8-7-11-3-5-12(9-14)6-4-11/h3-6,10,15H,7-8H2,1-2H3/t10-/m0/s1. The Kier molecular flexibility index (Phi) is 5.18. The van der Waals surface area contributed by atoms with Crippen LogP contribution in [0.1, 0.15) is 18.1 Å². The van der Waals surface area contributed by atoms with Gasteiger partial charge in [0, 0.05) is 0 Å². The maximum atomic E-state index is 11.1. The average Bonchev–Trinajstić information content (AvgIpc) is 2.38. The Hall–Kier alpha value is -1.86. The van der Waals surface area contributed by atoms with Gasteiger partial charge in [-0.1, -0.05) is 12.1 Å². The fourth-order valence-electron chi connectivity index (χ4n) is 1.44. The molecule has 4 heteroatoms. The van der Waals surface area contributed by atoms with E-state index in [4.69, 9.17) is 5.26 Å². The molecule has 1 aromatic carbocycles. The topological polar surface area (TPSA) is 62.1 Å². The molecular formula is C13H16N2O2. The van der Waals surface area contributed by atoms with Gasteiger partial charge in [-0.3, -0.25) is 4.79 Å². The van der Waals surface area contributed by atoms with Gasteiger partial charge in [-0.15, -0.1) is 0 Å². The van der Waals surface area contributed by atoms with Crippen molar-refractivity contribution in [1.82, 2.24) is 5.32 Å². The van der Waals surface area contributed by atoms with Gasteiger partial charge in [0.25, 0.3) is 0 Å². The summed E-state index contributed by atoms with van der Waals surface area (Å²) >= 11 is 0. The first kappa shape index (κ1) is 13.2. The summed E-state index contributed by atoms with van der Waals surface area (Å²) in [4.78, 5) is 11.1. The van der Waals surface area contributed by atoms with Crippen molar-refractivity contribution in [1.29, 1.82) is 5.26 Å². The fourth-order valence-corrected chi connectivity index (χ4v) is 1.44. The van der Waals surface area contributed by atoms with Crippen LogP contribution in [0.25, 0.3) is 0 Å². The van der Waals surface area contributed by atoms with Crippen molar-refractivity contribution < 1.29 is 9.53 Å². The third kappa shape index (κ3) is 4.25. The molecule has 0 unspecified atom stereocenters. The van der Waals surface area contributed by atoms with Gasteiger partial charge in [-0.05, 0) is 37.6 Å². The normalized spacial score (nSPS) is 11.6. The molecule has 0 aliphatic heterocycles. The Morgan fingerprint density at radius 2 is 2.12 bits per heavy atom. The maximum Gasteiger partial charge on any atom is 0.322 e. The van der Waals surface area contributed by atoms with Gasteiger partial charge in [-0.2, -0.15) is 5.26 Å². The van der Waals surface area contributed by atoms with Crippen LogP contribution in [-0.4, -0.2) is 25.7 Å². The third-order valence-electron chi connectivity index (χ3n) is 2.50. The number of methoxy groups -OCH3 is 1. The van der Waals surface area contributed by atoms with Crippen molar-refractivity contribution in [3.05, 3.63) is 35.4 Å². The Bertz CT molecular complexity index is 406. The van der Waals surface area contributed by atoms with Crippen molar-refractivity contribution in [3.63, 3.8) is 0 Å². The lowest BCUT2D eigenvalue weighted by Gasteiger charge is -2.11. The van der Waals surface area contributed by atoms with Gasteiger partial charge in [0.2, 0.25) is 0 Å². The van der Waals surface area contributed by atoms with Crippen LogP contribution in [0.2, 0.25) is 0 Å². The zero-order chi connectivity index (χ0) is 12.7. The zero-order valence-electron chi connectivity index (χ0n) is 10.1. The molecule has 4 nitrogen and oxygen atoms in total. The second-order valence-electron chi connectivity index (χ2n) is 3.76. The first-order valence-electron chi connectivity index (χ1n) is 5.47. The quantitative estimate of drug-likeness (QED) is 0.776. The smallest absolute Gasteiger partial charge is 0.322 e. The largest absolute Gasteiger partial charge is 0.468 e. The minimum atomic E-state index is -0.293. The van der Waals surface area contributed by atoms with Crippen molar-refractivity contribution >= 4 is 5.97 Å². The minimum absolute atomic E-state index is 0.259. The third-order valence-corrected chi connectivity index (χ3v) is 2.50. The SMILES string of the molecule is COC(=O)[C@H](C)NCCc1ccc(C#N)cc1. The summed E-state index contributed by atoms with van der Waals surface area (Å²) in [6.45, 7) is 2.47. The second kappa shape index (κ2) is 6.66. The molecule has 0 aromatic heterocycles. The van der Waals surface area contributed by atoms with Crippen molar-refractivity contribution in [3.8, 4) is 6.07 Å². The van der Waals surface area contributed by atoms with E-state index in [0.29, 0.717) is 12.1 Å². The monoisotopic (exact) mass is 232 g/mol. The number of hydrogen-bond donors (Lipinski definition) is 1. The highest BCUT2D eigenvalue weighted by Crippen LogP contribution is 2.03. The zero-order valence-corrected chi connectivity index (χ0v) is 10.1. The first-order valence-corrected chi connectivity index (χ1v) is 5.47. The van der Waals surface area contributed by atoms with Gasteiger partial charge in [0.15, 0.2) is 0 Å². The maximum absolute atomic E-state index is 11.1. The lowest BCUT2D eigenvalue weighted by Crippen LogP contribution is -2.36. The summed E-state index contributed by atoms with van der Waals surface area (Å²) in [5, 5.41) is 11.7. The molecule has 1 aromatic rings. The summed E-state index contributed by atoms with van der Waals surface area (Å²) in [6, 6.07) is 9.20. The molecule has 0 aliphatic rings. The molecule has 90 valence electrons. The number of rotatable bonds is 5. The molecule has 0 fully saturated rings. The molecule has 0 bridgehead atoms. The molecule has 0 amide bonds. The lowest BCUT2D eigenvalue weighted by atomic mass is 10.1. The van der Waals surface area contributed by atoms with E-state index in [2.05, 4.69) is 16.1 Å². The Morgan fingerprint density at radius 3 is 2.65 bits per heavy atom. The Labute approximate surface area is 101 Å². The molecule has 0 radical (unpaired) electrons. The van der Waals surface area contributed by atoms with E-state index in [9.17, 15) is 4.79 Å². The van der Waals surface area contributed by atoms with Crippen molar-refractivity contribution in [2.24, 2.45) is 0 Å². The van der Waals surface area contributed by atoms with E-state index >= 15 is 0 Å². The molecule has 0 saturated heterocycles. The predicted octanol–water partition coefficient (Wildman–Crippen LogP) is 1.25. The number of nitrogens with one attached hydrogen (secondary N) is 1. The number of nitriles is 1. The Morgan fingerprint density at radius 1 is 1.47 bits per heavy atom. The fraction of sp³-hybridized carbons (Fsp3) is 0.385.